The highest BCUT2D eigenvalue weighted by molar-refractivity contribution is 5.96. The second-order valence-corrected chi connectivity index (χ2v) is 18.0. The second kappa shape index (κ2) is 25.9. The Kier molecular flexibility index (Phi) is 21.5. The molecule has 0 radical (unpaired) electrons. The number of rotatable bonds is 2. The van der Waals surface area contributed by atoms with Crippen LogP contribution in [0.1, 0.15) is 160 Å². The van der Waals surface area contributed by atoms with E-state index in [1.807, 2.05) is 78.1 Å². The molecule has 4 heterocycles. The summed E-state index contributed by atoms with van der Waals surface area (Å²) >= 11 is 0. The molecule has 4 aliphatic heterocycles. The third-order valence-corrected chi connectivity index (χ3v) is 10.5. The van der Waals surface area contributed by atoms with Gasteiger partial charge in [0.25, 0.3) is 0 Å². The van der Waals surface area contributed by atoms with Crippen LogP contribution in [0.15, 0.2) is 60.4 Å². The quantitative estimate of drug-likeness (QED) is 0.217. The van der Waals surface area contributed by atoms with Crippen LogP contribution in [-0.2, 0) is 41.4 Å². The topological polar surface area (TPSA) is 112 Å². The maximum absolute atomic E-state index is 13.5. The minimum absolute atomic E-state index is 0.156. The highest BCUT2D eigenvalue weighted by Crippen LogP contribution is 2.23. The first kappa shape index (κ1) is 49.8. The van der Waals surface area contributed by atoms with Gasteiger partial charge in [0.05, 0.1) is 20.1 Å². The van der Waals surface area contributed by atoms with Crippen LogP contribution >= 0.6 is 0 Å². The zero-order valence-corrected chi connectivity index (χ0v) is 38.0. The smallest absolute Gasteiger partial charge is 0.415 e. The average molecular weight is 831 g/mol. The number of methoxy groups -OCH3 is 2. The molecule has 332 valence electrons. The van der Waals surface area contributed by atoms with Crippen molar-refractivity contribution < 1.29 is 38.1 Å². The van der Waals surface area contributed by atoms with Gasteiger partial charge in [0, 0.05) is 19.3 Å². The van der Waals surface area contributed by atoms with Crippen molar-refractivity contribution >= 4 is 36.3 Å². The van der Waals surface area contributed by atoms with Crippen molar-refractivity contribution in [1.29, 1.82) is 0 Å². The maximum Gasteiger partial charge on any atom is 0.415 e. The molecule has 1 atom stereocenters. The Morgan fingerprint density at radius 3 is 1.55 bits per heavy atom. The highest BCUT2D eigenvalue weighted by Gasteiger charge is 2.29. The molecule has 4 aliphatic rings. The first-order chi connectivity index (χ1) is 28.6. The van der Waals surface area contributed by atoms with Crippen LogP contribution in [0.3, 0.4) is 0 Å². The number of nitrogens with zero attached hydrogens (tertiary/aromatic N) is 2. The Morgan fingerprint density at radius 1 is 0.550 bits per heavy atom. The summed E-state index contributed by atoms with van der Waals surface area (Å²) in [5, 5.41) is 0. The van der Waals surface area contributed by atoms with Gasteiger partial charge in [-0.3, -0.25) is 14.6 Å². The highest BCUT2D eigenvalue weighted by atomic mass is 16.6. The fourth-order valence-electron chi connectivity index (χ4n) is 7.21. The minimum atomic E-state index is -0.723. The standard InChI is InChI=1S/C50H74N2O8/c1-49(2,3)59-47(55)51-35-21-19-25-43(45(53)57-7)24-18-15-17-23-40-30-32-42(33-31-40)38-44(46(54)58-8)52(48(56)60-50(4,5)6)36-20-14-12-10-9-11-13-16-22-39-26-28-41(29-27-39)34-37-51/h26-34,37-38,43H,9-25,35-36H2,1-8H3. The molecule has 10 nitrogen and oxygen atoms in total. The SMILES string of the molecule is COC(=O)C1=Cc2ccc(cc2)CCCCCC(C(=O)OC)CCCCN(C(=O)OC(C)(C)C)C=Cc2ccc(cc2)CCCCCCCCCCN1C(=O)OC(C)(C)C. The van der Waals surface area contributed by atoms with Crippen molar-refractivity contribution in [2.45, 2.75) is 162 Å². The molecule has 60 heavy (non-hydrogen) atoms. The van der Waals surface area contributed by atoms with Crippen molar-refractivity contribution in [1.82, 2.24) is 9.80 Å². The lowest BCUT2D eigenvalue weighted by Crippen LogP contribution is -2.39. The summed E-state index contributed by atoms with van der Waals surface area (Å²) in [5.74, 6) is -0.975. The fourth-order valence-corrected chi connectivity index (χ4v) is 7.21. The van der Waals surface area contributed by atoms with E-state index in [9.17, 15) is 19.2 Å². The molecule has 0 fully saturated rings. The third-order valence-electron chi connectivity index (χ3n) is 10.5. The second-order valence-electron chi connectivity index (χ2n) is 18.0. The van der Waals surface area contributed by atoms with Crippen molar-refractivity contribution in [2.24, 2.45) is 5.92 Å². The molecule has 1 unspecified atom stereocenters. The molecule has 2 aromatic carbocycles. The lowest BCUT2D eigenvalue weighted by Gasteiger charge is -2.28. The Balaban J connectivity index is 1.76. The Labute approximate surface area is 361 Å². The van der Waals surface area contributed by atoms with Crippen LogP contribution in [0, 0.1) is 5.92 Å². The molecule has 2 aromatic rings. The molecule has 0 spiro atoms. The summed E-state index contributed by atoms with van der Waals surface area (Å²) < 4.78 is 21.8. The first-order valence-electron chi connectivity index (χ1n) is 22.3. The lowest BCUT2D eigenvalue weighted by molar-refractivity contribution is -0.146. The predicted octanol–water partition coefficient (Wildman–Crippen LogP) is 12.1. The van der Waals surface area contributed by atoms with Crippen LogP contribution in [-0.4, -0.2) is 72.4 Å². The van der Waals surface area contributed by atoms with E-state index in [-0.39, 0.29) is 23.7 Å². The summed E-state index contributed by atoms with van der Waals surface area (Å²) in [6, 6.07) is 16.5. The van der Waals surface area contributed by atoms with Crippen molar-refractivity contribution in [3.63, 3.8) is 0 Å². The normalized spacial score (nSPS) is 18.1. The molecule has 10 heteroatoms. The van der Waals surface area contributed by atoms with E-state index < -0.39 is 23.3 Å². The van der Waals surface area contributed by atoms with E-state index in [4.69, 9.17) is 18.9 Å². The van der Waals surface area contributed by atoms with Gasteiger partial charge in [0.2, 0.25) is 0 Å². The number of carbonyl (C=O) groups excluding carboxylic acids is 4. The van der Waals surface area contributed by atoms with Gasteiger partial charge in [0.1, 0.15) is 16.9 Å². The van der Waals surface area contributed by atoms with Crippen LogP contribution < -0.4 is 0 Å². The number of hydrogen-bond donors (Lipinski definition) is 0. The molecule has 0 aliphatic carbocycles. The summed E-state index contributed by atoms with van der Waals surface area (Å²) in [5.41, 5.74) is 3.07. The molecule has 4 bridgehead atoms. The van der Waals surface area contributed by atoms with Crippen LogP contribution in [0.4, 0.5) is 9.59 Å². The van der Waals surface area contributed by atoms with Gasteiger partial charge in [-0.15, -0.1) is 0 Å². The number of carbonyl (C=O) groups is 4. The van der Waals surface area contributed by atoms with Gasteiger partial charge in [-0.05, 0) is 127 Å². The summed E-state index contributed by atoms with van der Waals surface area (Å²) in [6.45, 7) is 11.9. The molecular formula is C50H74N2O8. The average Bonchev–Trinajstić information content (AvgIpc) is 3.19. The van der Waals surface area contributed by atoms with Gasteiger partial charge in [0.15, 0.2) is 0 Å². The molecule has 0 saturated heterocycles. The molecule has 6 rings (SSSR count). The zero-order chi connectivity index (χ0) is 44.0. The predicted molar refractivity (Wildman–Crippen MR) is 240 cm³/mol. The van der Waals surface area contributed by atoms with E-state index in [0.29, 0.717) is 19.5 Å². The molecule has 0 N–H and O–H groups in total. The van der Waals surface area contributed by atoms with E-state index in [0.717, 1.165) is 113 Å². The monoisotopic (exact) mass is 831 g/mol. The fraction of sp³-hybridized carbons (Fsp3) is 0.600. The van der Waals surface area contributed by atoms with E-state index in [2.05, 4.69) is 24.3 Å². The number of esters is 2. The van der Waals surface area contributed by atoms with Crippen LogP contribution in [0.2, 0.25) is 0 Å². The zero-order valence-electron chi connectivity index (χ0n) is 38.0. The number of hydrogen-bond acceptors (Lipinski definition) is 8. The molecular weight excluding hydrogens is 757 g/mol. The van der Waals surface area contributed by atoms with E-state index in [1.165, 1.54) is 31.1 Å². The number of amides is 2. The number of benzene rings is 2. The maximum atomic E-state index is 13.5. The van der Waals surface area contributed by atoms with Gasteiger partial charge >= 0.3 is 24.1 Å². The minimum Gasteiger partial charge on any atom is -0.469 e. The van der Waals surface area contributed by atoms with Crippen molar-refractivity contribution in [3.8, 4) is 0 Å². The van der Waals surface area contributed by atoms with E-state index >= 15 is 0 Å². The van der Waals surface area contributed by atoms with Crippen molar-refractivity contribution in [3.05, 3.63) is 82.7 Å². The number of ether oxygens (including phenoxy) is 4. The Morgan fingerprint density at radius 2 is 1.02 bits per heavy atom. The first-order valence-corrected chi connectivity index (χ1v) is 22.3. The van der Waals surface area contributed by atoms with Crippen LogP contribution in [0.5, 0.6) is 0 Å². The Hall–Kier alpha value is -4.60. The third kappa shape index (κ3) is 19.6. The largest absolute Gasteiger partial charge is 0.469 e. The van der Waals surface area contributed by atoms with Crippen LogP contribution in [0.25, 0.3) is 12.2 Å². The van der Waals surface area contributed by atoms with Crippen molar-refractivity contribution in [2.75, 3.05) is 27.3 Å². The van der Waals surface area contributed by atoms with Gasteiger partial charge < -0.3 is 18.9 Å². The molecule has 0 saturated carbocycles. The van der Waals surface area contributed by atoms with Gasteiger partial charge in [-0.25, -0.2) is 14.4 Å². The summed E-state index contributed by atoms with van der Waals surface area (Å²) in [6.07, 6.45) is 20.6. The van der Waals surface area contributed by atoms with Gasteiger partial charge in [-0.2, -0.15) is 0 Å². The summed E-state index contributed by atoms with van der Waals surface area (Å²) in [4.78, 5) is 55.6. The Bertz CT molecular complexity index is 1670. The molecule has 0 aromatic heterocycles. The van der Waals surface area contributed by atoms with E-state index in [1.54, 1.807) is 11.0 Å². The summed E-state index contributed by atoms with van der Waals surface area (Å²) in [7, 11) is 2.77. The molecule has 2 amide bonds. The number of aryl methyl sites for hydroxylation is 2. The lowest BCUT2D eigenvalue weighted by atomic mass is 9.94. The van der Waals surface area contributed by atoms with Gasteiger partial charge in [-0.1, -0.05) is 106 Å².